The van der Waals surface area contributed by atoms with Crippen LogP contribution in [-0.4, -0.2) is 60.6 Å². The van der Waals surface area contributed by atoms with Gasteiger partial charge >= 0.3 is 19.2 Å². The second-order valence-corrected chi connectivity index (χ2v) is 21.7. The van der Waals surface area contributed by atoms with Gasteiger partial charge in [0.2, 0.25) is 5.72 Å². The Morgan fingerprint density at radius 3 is 2.22 bits per heavy atom. The Hall–Kier alpha value is -5.22. The number of carbonyl (C=O) groups is 1. The summed E-state index contributed by atoms with van der Waals surface area (Å²) in [7, 11) is -8.03. The first kappa shape index (κ1) is 43.4. The zero-order valence-corrected chi connectivity index (χ0v) is 35.4. The standard InChI is InChI=1S/C41H47FN7O8PSi/c1-27(2)54-38(50)28(3)46-58(52,33-23-15-17-29-16-13-14-22-32(29)33)57-53-26-41(47-48-44)36(42)35(37(55-41)49-25-24-34(43)45-39(49)51)56-59(40(4,5)6,30-18-9-7-10-19-30)31-20-11-8-12-21-31/h7-25,27-28,35-37H,26H2,1-6H3,(H,46,52)(H2,43,45,51)/t28-,35+,36-,37+,41+,58?/m0/s1. The maximum absolute atomic E-state index is 17.8. The summed E-state index contributed by atoms with van der Waals surface area (Å²) < 4.78 is 58.4. The van der Waals surface area contributed by atoms with Gasteiger partial charge in [0.1, 0.15) is 24.6 Å². The molecule has 0 bridgehead atoms. The number of ether oxygens (including phenoxy) is 2. The summed E-state index contributed by atoms with van der Waals surface area (Å²) in [5.74, 6) is -0.807. The van der Waals surface area contributed by atoms with E-state index >= 15 is 4.39 Å². The number of fused-ring (bicyclic) bond motifs is 1. The molecule has 5 aromatic rings. The van der Waals surface area contributed by atoms with Crippen LogP contribution >= 0.6 is 7.52 Å². The minimum Gasteiger partial charge on any atom is -0.462 e. The van der Waals surface area contributed by atoms with Crippen LogP contribution in [0.15, 0.2) is 125 Å². The average molecular weight is 844 g/mol. The molecule has 1 aliphatic heterocycles. The van der Waals surface area contributed by atoms with Crippen LogP contribution in [-0.2, 0) is 32.8 Å². The topological polar surface area (TPSA) is 202 Å². The SMILES string of the molecule is CC(C)OC(=O)[C@H](C)NP(=O)(OOC[C@@]1(N=[N+]=[N-])O[C@@H](n2ccc(N)nc2=O)[C@H](O[Si](c2ccccc2)(c2ccccc2)C(C)(C)C)[C@@H]1F)c1cccc2ccccc12. The van der Waals surface area contributed by atoms with Crippen molar-refractivity contribution in [2.24, 2.45) is 5.11 Å². The van der Waals surface area contributed by atoms with Crippen LogP contribution in [0.3, 0.4) is 0 Å². The number of carbonyl (C=O) groups excluding carboxylic acids is 1. The molecule has 310 valence electrons. The van der Waals surface area contributed by atoms with E-state index in [0.29, 0.717) is 10.8 Å². The Morgan fingerprint density at radius 2 is 1.63 bits per heavy atom. The van der Waals surface area contributed by atoms with Gasteiger partial charge in [-0.25, -0.2) is 19.2 Å². The molecule has 15 nitrogen and oxygen atoms in total. The van der Waals surface area contributed by atoms with E-state index in [2.05, 4.69) is 20.1 Å². The number of aromatic nitrogens is 2. The number of hydrogen-bond acceptors (Lipinski definition) is 11. The summed E-state index contributed by atoms with van der Waals surface area (Å²) in [5, 5.41) is 8.78. The number of benzene rings is 4. The molecule has 0 saturated carbocycles. The molecule has 1 aromatic heterocycles. The quantitative estimate of drug-likeness (QED) is 0.0178. The van der Waals surface area contributed by atoms with Gasteiger partial charge in [-0.1, -0.05) is 123 Å². The van der Waals surface area contributed by atoms with E-state index in [4.69, 9.17) is 29.2 Å². The van der Waals surface area contributed by atoms with E-state index in [9.17, 15) is 19.7 Å². The van der Waals surface area contributed by atoms with Crippen molar-refractivity contribution in [3.63, 3.8) is 0 Å². The Labute approximate surface area is 341 Å². The normalized spacial score (nSPS) is 21.1. The predicted octanol–water partition coefficient (Wildman–Crippen LogP) is 6.19. The van der Waals surface area contributed by atoms with Crippen LogP contribution in [0, 0.1) is 0 Å². The number of esters is 1. The summed E-state index contributed by atoms with van der Waals surface area (Å²) in [4.78, 5) is 38.8. The number of nitrogens with one attached hydrogen (secondary N) is 1. The number of nitrogens with zero attached hydrogens (tertiary/aromatic N) is 5. The van der Waals surface area contributed by atoms with Crippen molar-refractivity contribution in [2.75, 3.05) is 12.3 Å². The maximum atomic E-state index is 17.8. The molecule has 1 fully saturated rings. The first-order valence-corrected chi connectivity index (χ1v) is 22.5. The number of alkyl halides is 1. The molecular formula is C41H47FN7O8PSi. The van der Waals surface area contributed by atoms with E-state index in [-0.39, 0.29) is 11.1 Å². The van der Waals surface area contributed by atoms with Gasteiger partial charge < -0.3 is 19.6 Å². The van der Waals surface area contributed by atoms with E-state index in [1.165, 1.54) is 25.3 Å². The summed E-state index contributed by atoms with van der Waals surface area (Å²) in [6, 6.07) is 31.0. The fourth-order valence-electron chi connectivity index (χ4n) is 7.31. The molecule has 18 heteroatoms. The van der Waals surface area contributed by atoms with Crippen molar-refractivity contribution in [3.8, 4) is 0 Å². The van der Waals surface area contributed by atoms with Gasteiger partial charge in [-0.05, 0) is 64.6 Å². The average Bonchev–Trinajstić information content (AvgIpc) is 3.46. The highest BCUT2D eigenvalue weighted by molar-refractivity contribution is 7.65. The molecule has 3 N–H and O–H groups in total. The van der Waals surface area contributed by atoms with Crippen LogP contribution in [0.4, 0.5) is 10.2 Å². The third-order valence-corrected chi connectivity index (χ3v) is 17.1. The van der Waals surface area contributed by atoms with E-state index < -0.39 is 75.5 Å². The van der Waals surface area contributed by atoms with Crippen LogP contribution in [0.5, 0.6) is 0 Å². The lowest BCUT2D eigenvalue weighted by atomic mass is 10.1. The van der Waals surface area contributed by atoms with Gasteiger partial charge in [0.05, 0.1) is 11.4 Å². The summed E-state index contributed by atoms with van der Waals surface area (Å²) in [6.45, 7) is 9.76. The molecule has 1 aliphatic rings. The molecule has 6 rings (SSSR count). The summed E-state index contributed by atoms with van der Waals surface area (Å²) >= 11 is 0. The predicted molar refractivity (Wildman–Crippen MR) is 224 cm³/mol. The second-order valence-electron chi connectivity index (χ2n) is 15.5. The van der Waals surface area contributed by atoms with Crippen molar-refractivity contribution in [1.82, 2.24) is 14.6 Å². The number of nitrogen functional groups attached to an aromatic ring is 1. The zero-order chi connectivity index (χ0) is 42.6. The lowest BCUT2D eigenvalue weighted by Gasteiger charge is -2.45. The number of hydrogen-bond donors (Lipinski definition) is 2. The minimum absolute atomic E-state index is 0.0910. The number of halogens is 1. The van der Waals surface area contributed by atoms with Crippen LogP contribution in [0.2, 0.25) is 5.04 Å². The Bertz CT molecular complexity index is 2390. The summed E-state index contributed by atoms with van der Waals surface area (Å²) in [6.07, 6.45) is -4.78. The van der Waals surface area contributed by atoms with Crippen molar-refractivity contribution in [2.45, 2.75) is 83.0 Å². The number of azide groups is 1. The zero-order valence-electron chi connectivity index (χ0n) is 33.5. The number of rotatable bonds is 15. The Morgan fingerprint density at radius 1 is 1.02 bits per heavy atom. The van der Waals surface area contributed by atoms with Crippen molar-refractivity contribution in [1.29, 1.82) is 0 Å². The molecule has 0 aliphatic carbocycles. The molecule has 0 radical (unpaired) electrons. The van der Waals surface area contributed by atoms with Crippen LogP contribution in [0.25, 0.3) is 21.2 Å². The van der Waals surface area contributed by atoms with E-state index in [1.54, 1.807) is 50.2 Å². The third kappa shape index (κ3) is 8.74. The molecule has 2 heterocycles. The first-order chi connectivity index (χ1) is 28.0. The Balaban J connectivity index is 1.44. The summed E-state index contributed by atoms with van der Waals surface area (Å²) in [5.41, 5.74) is 12.3. The smallest absolute Gasteiger partial charge is 0.351 e. The van der Waals surface area contributed by atoms with Gasteiger partial charge in [-0.15, -0.1) is 0 Å². The molecule has 1 saturated heterocycles. The highest BCUT2D eigenvalue weighted by Crippen LogP contribution is 2.49. The molecule has 1 unspecified atom stereocenters. The third-order valence-electron chi connectivity index (χ3n) is 9.97. The van der Waals surface area contributed by atoms with Crippen molar-refractivity contribution < 1.29 is 37.2 Å². The fraction of sp³-hybridized carbons (Fsp3) is 0.341. The molecule has 59 heavy (non-hydrogen) atoms. The second kappa shape index (κ2) is 17.6. The minimum atomic E-state index is -4.42. The molecular weight excluding hydrogens is 797 g/mol. The highest BCUT2D eigenvalue weighted by Gasteiger charge is 2.62. The molecule has 4 aromatic carbocycles. The van der Waals surface area contributed by atoms with Crippen molar-refractivity contribution in [3.05, 3.63) is 136 Å². The monoisotopic (exact) mass is 843 g/mol. The van der Waals surface area contributed by atoms with Gasteiger partial charge in [0.15, 0.2) is 12.4 Å². The van der Waals surface area contributed by atoms with Gasteiger partial charge in [0.25, 0.3) is 8.32 Å². The van der Waals surface area contributed by atoms with Crippen LogP contribution in [0.1, 0.15) is 47.8 Å². The lowest BCUT2D eigenvalue weighted by Crippen LogP contribution is -2.68. The molecule has 0 amide bonds. The maximum Gasteiger partial charge on any atom is 0.351 e. The molecule has 0 spiro atoms. The van der Waals surface area contributed by atoms with Crippen molar-refractivity contribution >= 4 is 54.1 Å². The molecule has 6 atom stereocenters. The largest absolute Gasteiger partial charge is 0.462 e. The van der Waals surface area contributed by atoms with Gasteiger partial charge in [0, 0.05) is 11.1 Å². The number of anilines is 1. The van der Waals surface area contributed by atoms with Crippen LogP contribution < -0.4 is 32.2 Å². The highest BCUT2D eigenvalue weighted by atomic mass is 31.2. The van der Waals surface area contributed by atoms with E-state index in [0.717, 1.165) is 14.9 Å². The first-order valence-electron chi connectivity index (χ1n) is 18.9. The van der Waals surface area contributed by atoms with Gasteiger partial charge in [-0.3, -0.25) is 13.9 Å². The fourth-order valence-corrected chi connectivity index (χ4v) is 13.9. The number of nitrogens with two attached hydrogens (primary N) is 1. The Kier molecular flexibility index (Phi) is 12.9. The van der Waals surface area contributed by atoms with Gasteiger partial charge in [-0.2, -0.15) is 9.66 Å². The lowest BCUT2D eigenvalue weighted by molar-refractivity contribution is -0.254. The van der Waals surface area contributed by atoms with E-state index in [1.807, 2.05) is 81.4 Å².